The lowest BCUT2D eigenvalue weighted by Crippen LogP contribution is -2.52. The first-order chi connectivity index (χ1) is 27.3. The zero-order valence-corrected chi connectivity index (χ0v) is 31.9. The van der Waals surface area contributed by atoms with Crippen molar-refractivity contribution in [3.05, 3.63) is 65.2 Å². The van der Waals surface area contributed by atoms with Gasteiger partial charge in [-0.25, -0.2) is 0 Å². The van der Waals surface area contributed by atoms with Gasteiger partial charge in [0.2, 0.25) is 11.8 Å². The van der Waals surface area contributed by atoms with Gasteiger partial charge in [-0.2, -0.15) is 0 Å². The van der Waals surface area contributed by atoms with Crippen LogP contribution in [0.5, 0.6) is 0 Å². The molecule has 5 rings (SSSR count). The number of nitrogens with one attached hydrogen (secondary N) is 3. The van der Waals surface area contributed by atoms with E-state index in [1.165, 1.54) is 0 Å². The number of amides is 2. The maximum absolute atomic E-state index is 13.9. The Balaban J connectivity index is 1.23. The van der Waals surface area contributed by atoms with Gasteiger partial charge < -0.3 is 36.1 Å². The van der Waals surface area contributed by atoms with Gasteiger partial charge in [-0.1, -0.05) is 42.5 Å². The molecule has 308 valence electrons. The highest BCUT2D eigenvalue weighted by Crippen LogP contribution is 2.39. The summed E-state index contributed by atoms with van der Waals surface area (Å²) in [4.78, 5) is 82.6. The second-order valence-corrected chi connectivity index (χ2v) is 14.2. The highest BCUT2D eigenvalue weighted by Gasteiger charge is 2.32. The van der Waals surface area contributed by atoms with Crippen molar-refractivity contribution in [1.82, 2.24) is 40.9 Å². The first-order valence-corrected chi connectivity index (χ1v) is 18.8. The van der Waals surface area contributed by atoms with Crippen molar-refractivity contribution in [3.63, 3.8) is 0 Å². The van der Waals surface area contributed by atoms with Crippen molar-refractivity contribution in [2.45, 2.75) is 31.8 Å². The number of carboxylic acids is 4. The lowest BCUT2D eigenvalue weighted by Gasteiger charge is -2.35. The quantitative estimate of drug-likeness (QED) is 0.128. The molecule has 0 aromatic heterocycles. The summed E-state index contributed by atoms with van der Waals surface area (Å²) >= 11 is 0. The van der Waals surface area contributed by atoms with Crippen molar-refractivity contribution in [2.24, 2.45) is 0 Å². The molecule has 3 aliphatic rings. The third-order valence-electron chi connectivity index (χ3n) is 10.3. The van der Waals surface area contributed by atoms with Crippen LogP contribution in [0.15, 0.2) is 48.5 Å². The molecule has 1 unspecified atom stereocenters. The van der Waals surface area contributed by atoms with Gasteiger partial charge in [0.1, 0.15) is 6.04 Å². The molecule has 0 saturated carbocycles. The van der Waals surface area contributed by atoms with Gasteiger partial charge in [0.25, 0.3) is 0 Å². The second kappa shape index (κ2) is 20.0. The van der Waals surface area contributed by atoms with Crippen LogP contribution in [0.1, 0.15) is 36.0 Å². The number of para-hydroxylation sites is 1. The standard InChI is InChI=1S/C38H51N9O10/c1-42-37-28-8-4-5-9-29(28)47(22-26-6-2-3-7-27(26)36(37)40-41-42)32(49)12-13-39-31(48)11-10-30(38(56)57)46-20-18-44(24-34(52)53)16-14-43(23-33(50)51)15-17-45(19-21-46)25-35(54)55/h2-9,30,40-41H,10-25H2,1H3,(H,39,48)(H,50,51)(H,52,53)(H,54,55)(H,56,57). The summed E-state index contributed by atoms with van der Waals surface area (Å²) in [6.45, 7) is 0.555. The highest BCUT2D eigenvalue weighted by atomic mass is 16.4. The SMILES string of the molecule is CN1NNC2=C1c1ccccc1N(C(=O)CCNC(=O)CCC(C(=O)O)N1CCN(CC(=O)O)CCN(CC(=O)O)CCN(CC(=O)O)CC1)Cc1ccccc12. The van der Waals surface area contributed by atoms with E-state index >= 15 is 0 Å². The molecule has 3 aliphatic heterocycles. The third kappa shape index (κ3) is 11.7. The molecule has 2 aromatic rings. The van der Waals surface area contributed by atoms with Crippen LogP contribution in [0.2, 0.25) is 0 Å². The summed E-state index contributed by atoms with van der Waals surface area (Å²) in [6.07, 6.45) is -0.285. The minimum Gasteiger partial charge on any atom is -0.480 e. The molecule has 1 fully saturated rings. The second-order valence-electron chi connectivity index (χ2n) is 14.2. The van der Waals surface area contributed by atoms with E-state index in [9.17, 15) is 49.2 Å². The van der Waals surface area contributed by atoms with Gasteiger partial charge in [-0.15, -0.1) is 5.53 Å². The molecule has 19 heteroatoms. The molecule has 0 aliphatic carbocycles. The van der Waals surface area contributed by atoms with Gasteiger partial charge >= 0.3 is 23.9 Å². The van der Waals surface area contributed by atoms with Gasteiger partial charge in [-0.05, 0) is 18.1 Å². The third-order valence-corrected chi connectivity index (χ3v) is 10.3. The van der Waals surface area contributed by atoms with Crippen LogP contribution in [0.4, 0.5) is 5.69 Å². The largest absolute Gasteiger partial charge is 0.480 e. The molecule has 0 radical (unpaired) electrons. The first kappa shape index (κ1) is 42.5. The maximum atomic E-state index is 13.9. The molecule has 1 saturated heterocycles. The number of anilines is 1. The highest BCUT2D eigenvalue weighted by molar-refractivity contribution is 6.02. The summed E-state index contributed by atoms with van der Waals surface area (Å²) in [5.74, 6) is -5.12. The Morgan fingerprint density at radius 3 is 1.79 bits per heavy atom. The Bertz CT molecular complexity index is 1810. The monoisotopic (exact) mass is 793 g/mol. The van der Waals surface area contributed by atoms with E-state index < -0.39 is 35.8 Å². The summed E-state index contributed by atoms with van der Waals surface area (Å²) in [6, 6.07) is 14.3. The lowest BCUT2D eigenvalue weighted by atomic mass is 9.96. The molecule has 3 heterocycles. The number of carbonyl (C=O) groups is 6. The minimum atomic E-state index is -1.19. The number of hydrazine groups is 2. The summed E-state index contributed by atoms with van der Waals surface area (Å²) in [5, 5.41) is 43.4. The van der Waals surface area contributed by atoms with Crippen LogP contribution >= 0.6 is 0 Å². The average molecular weight is 794 g/mol. The van der Waals surface area contributed by atoms with Crippen molar-refractivity contribution in [1.29, 1.82) is 0 Å². The first-order valence-electron chi connectivity index (χ1n) is 18.8. The topological polar surface area (TPSA) is 239 Å². The molecular weight excluding hydrogens is 742 g/mol. The Morgan fingerprint density at radius 1 is 0.702 bits per heavy atom. The molecule has 0 bridgehead atoms. The van der Waals surface area contributed by atoms with E-state index in [0.717, 1.165) is 28.1 Å². The number of carboxylic acid groups (broad SMARTS) is 4. The summed E-state index contributed by atoms with van der Waals surface area (Å²) in [5.41, 5.74) is 11.6. The van der Waals surface area contributed by atoms with Crippen molar-refractivity contribution < 1.29 is 49.2 Å². The van der Waals surface area contributed by atoms with Gasteiger partial charge in [0.15, 0.2) is 0 Å². The smallest absolute Gasteiger partial charge is 0.320 e. The van der Waals surface area contributed by atoms with E-state index in [1.54, 1.807) is 24.5 Å². The summed E-state index contributed by atoms with van der Waals surface area (Å²) in [7, 11) is 1.88. The van der Waals surface area contributed by atoms with Gasteiger partial charge in [-0.3, -0.25) is 53.4 Å². The van der Waals surface area contributed by atoms with E-state index in [0.29, 0.717) is 12.2 Å². The zero-order valence-electron chi connectivity index (χ0n) is 31.9. The number of hydrogen-bond donors (Lipinski definition) is 7. The molecule has 57 heavy (non-hydrogen) atoms. The minimum absolute atomic E-state index is 0.0162. The zero-order chi connectivity index (χ0) is 41.1. The number of fused-ring (bicyclic) bond motifs is 4. The lowest BCUT2D eigenvalue weighted by molar-refractivity contribution is -0.145. The Kier molecular flexibility index (Phi) is 14.9. The van der Waals surface area contributed by atoms with E-state index in [-0.39, 0.29) is 104 Å². The van der Waals surface area contributed by atoms with Crippen molar-refractivity contribution in [3.8, 4) is 0 Å². The van der Waals surface area contributed by atoms with E-state index in [1.807, 2.05) is 60.6 Å². The fourth-order valence-electron chi connectivity index (χ4n) is 7.40. The van der Waals surface area contributed by atoms with Crippen LogP contribution in [-0.4, -0.2) is 172 Å². The Hall–Kier alpha value is -5.60. The molecule has 19 nitrogen and oxygen atoms in total. The van der Waals surface area contributed by atoms with E-state index in [2.05, 4.69) is 16.3 Å². The van der Waals surface area contributed by atoms with Crippen molar-refractivity contribution >= 4 is 52.8 Å². The maximum Gasteiger partial charge on any atom is 0.320 e. The van der Waals surface area contributed by atoms with E-state index in [4.69, 9.17) is 0 Å². The van der Waals surface area contributed by atoms with Crippen LogP contribution in [-0.2, 0) is 35.3 Å². The number of aliphatic carboxylic acids is 4. The van der Waals surface area contributed by atoms with Gasteiger partial charge in [0, 0.05) is 89.9 Å². The Morgan fingerprint density at radius 2 is 1.23 bits per heavy atom. The fraction of sp³-hybridized carbons (Fsp3) is 0.474. The van der Waals surface area contributed by atoms with Crippen LogP contribution in [0, 0.1) is 0 Å². The number of rotatable bonds is 14. The van der Waals surface area contributed by atoms with Crippen LogP contribution < -0.4 is 21.2 Å². The Labute approximate surface area is 330 Å². The predicted molar refractivity (Wildman–Crippen MR) is 207 cm³/mol. The number of carbonyl (C=O) groups excluding carboxylic acids is 2. The van der Waals surface area contributed by atoms with Crippen LogP contribution in [0.3, 0.4) is 0 Å². The molecule has 2 aromatic carbocycles. The predicted octanol–water partition coefficient (Wildman–Crippen LogP) is -0.471. The van der Waals surface area contributed by atoms with Crippen LogP contribution in [0.25, 0.3) is 11.4 Å². The van der Waals surface area contributed by atoms with Crippen molar-refractivity contribution in [2.75, 3.05) is 90.5 Å². The number of nitrogens with zero attached hydrogens (tertiary/aromatic N) is 6. The molecule has 1 atom stereocenters. The number of hydrogen-bond acceptors (Lipinski definition) is 13. The molecule has 2 amide bonds. The molecule has 0 spiro atoms. The van der Waals surface area contributed by atoms with Gasteiger partial charge in [0.05, 0.1) is 43.3 Å². The normalized spacial score (nSPS) is 18.1. The summed E-state index contributed by atoms with van der Waals surface area (Å²) < 4.78 is 0. The number of benzene rings is 2. The average Bonchev–Trinajstić information content (AvgIpc) is 3.53. The fourth-order valence-corrected chi connectivity index (χ4v) is 7.40. The molecular formula is C38H51N9O10. The molecule has 7 N–H and O–H groups in total.